The fraction of sp³-hybridized carbons (Fsp3) is 0.0455. The summed E-state index contributed by atoms with van der Waals surface area (Å²) in [5, 5.41) is 26.7. The highest BCUT2D eigenvalue weighted by Crippen LogP contribution is 2.28. The molecule has 158 valence electrons. The maximum absolute atomic E-state index is 12.4. The predicted octanol–water partition coefficient (Wildman–Crippen LogP) is 5.76. The van der Waals surface area contributed by atoms with Crippen molar-refractivity contribution < 1.29 is 9.34 Å². The minimum atomic E-state index is -0.627. The number of benzene rings is 2. The van der Waals surface area contributed by atoms with Gasteiger partial charge in [0.2, 0.25) is 0 Å². The highest BCUT2D eigenvalue weighted by atomic mass is 35.5. The number of hydrogen-bond donors (Lipinski definition) is 1. The number of halogens is 1. The summed E-state index contributed by atoms with van der Waals surface area (Å²) in [5.41, 5.74) is 1.81. The molecule has 2 heterocycles. The molecule has 1 N–H and O–H groups in total. The largest absolute Gasteiger partial charge is 0.422 e. The average molecular weight is 465 g/mol. The number of fused-ring (bicyclic) bond motifs is 1. The van der Waals surface area contributed by atoms with Crippen molar-refractivity contribution in [2.75, 3.05) is 5.32 Å². The van der Waals surface area contributed by atoms with Gasteiger partial charge >= 0.3 is 5.63 Å². The highest BCUT2D eigenvalue weighted by Gasteiger charge is 2.15. The lowest BCUT2D eigenvalue weighted by atomic mass is 10.1. The summed E-state index contributed by atoms with van der Waals surface area (Å²) in [7, 11) is 0. The summed E-state index contributed by atoms with van der Waals surface area (Å²) in [6, 6.07) is 13.0. The van der Waals surface area contributed by atoms with Crippen LogP contribution < -0.4 is 10.9 Å². The van der Waals surface area contributed by atoms with Crippen molar-refractivity contribution in [3.63, 3.8) is 0 Å². The van der Waals surface area contributed by atoms with Crippen molar-refractivity contribution in [1.82, 2.24) is 4.98 Å². The summed E-state index contributed by atoms with van der Waals surface area (Å²) >= 11 is 7.31. The van der Waals surface area contributed by atoms with E-state index in [9.17, 15) is 20.2 Å². The van der Waals surface area contributed by atoms with Crippen LogP contribution in [0, 0.1) is 28.4 Å². The molecule has 10 heteroatoms. The maximum atomic E-state index is 12.4. The van der Waals surface area contributed by atoms with Gasteiger partial charge in [0.1, 0.15) is 22.2 Å². The minimum absolute atomic E-state index is 0.117. The van der Waals surface area contributed by atoms with Gasteiger partial charge in [0.25, 0.3) is 5.69 Å². The lowest BCUT2D eigenvalue weighted by Gasteiger charge is -2.07. The van der Waals surface area contributed by atoms with E-state index < -0.39 is 10.5 Å². The van der Waals surface area contributed by atoms with E-state index in [1.807, 2.05) is 13.0 Å². The second-order valence-electron chi connectivity index (χ2n) is 6.69. The molecule has 0 saturated heterocycles. The van der Waals surface area contributed by atoms with Gasteiger partial charge in [0, 0.05) is 39.8 Å². The van der Waals surface area contributed by atoms with E-state index in [4.69, 9.17) is 16.0 Å². The van der Waals surface area contributed by atoms with Crippen molar-refractivity contribution in [2.24, 2.45) is 0 Å². The standard InChI is InChI=1S/C22H13ClN4O4S/c1-12-17(23)3-2-4-18(12)25-10-14(9-24)21-26-19(11-32-21)16-8-13-7-15(27(29)30)5-6-20(13)31-22(16)28/h2-8,10-11,25H,1H3. The van der Waals surface area contributed by atoms with Crippen LogP contribution in [0.3, 0.4) is 0 Å². The Morgan fingerprint density at radius 3 is 2.91 bits per heavy atom. The molecule has 0 aliphatic rings. The molecule has 0 atom stereocenters. The molecule has 0 saturated carbocycles. The molecule has 4 aromatic rings. The Morgan fingerprint density at radius 2 is 2.16 bits per heavy atom. The Hall–Kier alpha value is -4.00. The van der Waals surface area contributed by atoms with E-state index in [2.05, 4.69) is 16.4 Å². The number of nitro benzene ring substituents is 1. The topological polar surface area (TPSA) is 122 Å². The zero-order valence-corrected chi connectivity index (χ0v) is 18.0. The molecule has 2 aromatic carbocycles. The zero-order chi connectivity index (χ0) is 22.8. The summed E-state index contributed by atoms with van der Waals surface area (Å²) in [5.74, 6) is 0. The molecule has 0 amide bonds. The monoisotopic (exact) mass is 464 g/mol. The van der Waals surface area contributed by atoms with Crippen LogP contribution in [0.25, 0.3) is 27.8 Å². The van der Waals surface area contributed by atoms with Crippen molar-refractivity contribution in [3.05, 3.63) is 90.2 Å². The Labute approximate surface area is 190 Å². The molecular weight excluding hydrogens is 452 g/mol. The molecule has 32 heavy (non-hydrogen) atoms. The number of nitrogens with zero attached hydrogens (tertiary/aromatic N) is 3. The van der Waals surface area contributed by atoms with E-state index in [1.165, 1.54) is 41.8 Å². The van der Waals surface area contributed by atoms with Gasteiger partial charge in [0.05, 0.1) is 16.2 Å². The second kappa shape index (κ2) is 8.63. The van der Waals surface area contributed by atoms with Crippen LogP contribution in [0.1, 0.15) is 10.6 Å². The zero-order valence-electron chi connectivity index (χ0n) is 16.5. The Kier molecular flexibility index (Phi) is 5.73. The van der Waals surface area contributed by atoms with Crippen LogP contribution in [0.15, 0.2) is 63.3 Å². The van der Waals surface area contributed by atoms with Crippen molar-refractivity contribution in [2.45, 2.75) is 6.92 Å². The van der Waals surface area contributed by atoms with Crippen LogP contribution in [0.4, 0.5) is 11.4 Å². The van der Waals surface area contributed by atoms with Gasteiger partial charge < -0.3 is 9.73 Å². The van der Waals surface area contributed by atoms with Gasteiger partial charge in [-0.05, 0) is 36.8 Å². The highest BCUT2D eigenvalue weighted by molar-refractivity contribution is 7.11. The Bertz CT molecular complexity index is 1500. The molecule has 0 unspecified atom stereocenters. The van der Waals surface area contributed by atoms with E-state index in [-0.39, 0.29) is 22.4 Å². The van der Waals surface area contributed by atoms with Gasteiger partial charge in [-0.2, -0.15) is 5.26 Å². The third-order valence-electron chi connectivity index (χ3n) is 4.70. The second-order valence-corrected chi connectivity index (χ2v) is 7.96. The summed E-state index contributed by atoms with van der Waals surface area (Å²) in [4.78, 5) is 27.3. The molecule has 0 aliphatic heterocycles. The summed E-state index contributed by atoms with van der Waals surface area (Å²) in [6.07, 6.45) is 1.52. The van der Waals surface area contributed by atoms with Crippen LogP contribution in [0.2, 0.25) is 5.02 Å². The van der Waals surface area contributed by atoms with Gasteiger partial charge in [-0.1, -0.05) is 17.7 Å². The molecule has 0 spiro atoms. The fourth-order valence-corrected chi connectivity index (χ4v) is 3.94. The van der Waals surface area contributed by atoms with Gasteiger partial charge in [-0.25, -0.2) is 9.78 Å². The third kappa shape index (κ3) is 4.09. The number of aromatic nitrogens is 1. The summed E-state index contributed by atoms with van der Waals surface area (Å²) < 4.78 is 5.29. The van der Waals surface area contributed by atoms with Crippen LogP contribution >= 0.6 is 22.9 Å². The first-order valence-corrected chi connectivity index (χ1v) is 10.4. The van der Waals surface area contributed by atoms with Crippen molar-refractivity contribution >= 4 is 50.9 Å². The molecule has 4 rings (SSSR count). The lowest BCUT2D eigenvalue weighted by Crippen LogP contribution is -2.03. The van der Waals surface area contributed by atoms with Crippen LogP contribution in [-0.4, -0.2) is 9.91 Å². The van der Waals surface area contributed by atoms with E-state index in [1.54, 1.807) is 17.5 Å². The number of allylic oxidation sites excluding steroid dienone is 1. The molecule has 8 nitrogen and oxygen atoms in total. The average Bonchev–Trinajstić information content (AvgIpc) is 3.26. The fourth-order valence-electron chi connectivity index (χ4n) is 2.98. The number of nitro groups is 1. The molecule has 0 bridgehead atoms. The maximum Gasteiger partial charge on any atom is 0.345 e. The number of nitrogens with one attached hydrogen (secondary N) is 1. The van der Waals surface area contributed by atoms with Crippen LogP contribution in [-0.2, 0) is 0 Å². The van der Waals surface area contributed by atoms with E-state index >= 15 is 0 Å². The number of hydrogen-bond acceptors (Lipinski definition) is 8. The van der Waals surface area contributed by atoms with Crippen molar-refractivity contribution in [3.8, 4) is 17.3 Å². The number of thiazole rings is 1. The van der Waals surface area contributed by atoms with E-state index in [0.29, 0.717) is 21.1 Å². The summed E-state index contributed by atoms with van der Waals surface area (Å²) in [6.45, 7) is 1.86. The first kappa shape index (κ1) is 21.2. The molecule has 2 aromatic heterocycles. The number of nitriles is 1. The van der Waals surface area contributed by atoms with Crippen molar-refractivity contribution in [1.29, 1.82) is 5.26 Å². The Morgan fingerprint density at radius 1 is 1.34 bits per heavy atom. The third-order valence-corrected chi connectivity index (χ3v) is 5.98. The molecule has 0 radical (unpaired) electrons. The van der Waals surface area contributed by atoms with Gasteiger partial charge in [-0.3, -0.25) is 10.1 Å². The minimum Gasteiger partial charge on any atom is -0.422 e. The first-order chi connectivity index (χ1) is 15.4. The lowest BCUT2D eigenvalue weighted by molar-refractivity contribution is -0.384. The SMILES string of the molecule is Cc1c(Cl)cccc1NC=C(C#N)c1nc(-c2cc3cc([N+](=O)[O-])ccc3oc2=O)cs1. The van der Waals surface area contributed by atoms with E-state index in [0.717, 1.165) is 11.3 Å². The smallest absolute Gasteiger partial charge is 0.345 e. The van der Waals surface area contributed by atoms with Gasteiger partial charge in [0.15, 0.2) is 0 Å². The quantitative estimate of drug-likeness (QED) is 0.172. The normalized spacial score (nSPS) is 11.3. The first-order valence-electron chi connectivity index (χ1n) is 9.18. The molecular formula is C22H13ClN4O4S. The van der Waals surface area contributed by atoms with Crippen LogP contribution in [0.5, 0.6) is 0 Å². The number of anilines is 1. The Balaban J connectivity index is 1.69. The molecule has 0 fully saturated rings. The molecule has 0 aliphatic carbocycles. The number of rotatable bonds is 5. The van der Waals surface area contributed by atoms with Gasteiger partial charge in [-0.15, -0.1) is 11.3 Å². The number of non-ortho nitro benzene ring substituents is 1. The predicted molar refractivity (Wildman–Crippen MR) is 124 cm³/mol.